The van der Waals surface area contributed by atoms with E-state index in [4.69, 9.17) is 11.6 Å². The number of nitrogens with zero attached hydrogens (tertiary/aromatic N) is 3. The number of halogens is 1. The van der Waals surface area contributed by atoms with Crippen molar-refractivity contribution in [3.63, 3.8) is 0 Å². The molecule has 0 saturated heterocycles. The van der Waals surface area contributed by atoms with Crippen LogP contribution in [0.25, 0.3) is 56.4 Å². The zero-order chi connectivity index (χ0) is 35.3. The summed E-state index contributed by atoms with van der Waals surface area (Å²) in [5, 5.41) is 5.14. The third kappa shape index (κ3) is 6.61. The number of amides is 1. The van der Waals surface area contributed by atoms with Crippen LogP contribution in [0.2, 0.25) is 5.02 Å². The van der Waals surface area contributed by atoms with E-state index in [0.29, 0.717) is 10.6 Å². The zero-order valence-corrected chi connectivity index (χ0v) is 28.9. The largest absolute Gasteiger partial charge is 0.309 e. The van der Waals surface area contributed by atoms with Gasteiger partial charge in [0, 0.05) is 27.5 Å². The highest BCUT2D eigenvalue weighted by Gasteiger charge is 2.19. The maximum Gasteiger partial charge on any atom is 0.271 e. The highest BCUT2D eigenvalue weighted by molar-refractivity contribution is 6.30. The van der Waals surface area contributed by atoms with Gasteiger partial charge in [-0.2, -0.15) is 5.10 Å². The highest BCUT2D eigenvalue weighted by Crippen LogP contribution is 2.36. The molecular formula is C46H33ClN4O. The van der Waals surface area contributed by atoms with E-state index in [2.05, 4.69) is 86.4 Å². The molecule has 0 saturated carbocycles. The van der Waals surface area contributed by atoms with E-state index in [1.165, 1.54) is 0 Å². The number of hydrogen-bond donors (Lipinski definition) is 1. The molecule has 2 heterocycles. The van der Waals surface area contributed by atoms with Gasteiger partial charge in [-0.25, -0.2) is 5.43 Å². The molecule has 5 nitrogen and oxygen atoms in total. The van der Waals surface area contributed by atoms with Gasteiger partial charge in [-0.05, 0) is 89.0 Å². The molecule has 2 aromatic heterocycles. The van der Waals surface area contributed by atoms with Crippen molar-refractivity contribution in [2.45, 2.75) is 0 Å². The molecule has 250 valence electrons. The Morgan fingerprint density at radius 1 is 0.500 bits per heavy atom. The van der Waals surface area contributed by atoms with E-state index in [0.717, 1.165) is 62.0 Å². The first-order valence-corrected chi connectivity index (χ1v) is 17.4. The third-order valence-corrected chi connectivity index (χ3v) is 9.26. The van der Waals surface area contributed by atoms with Crippen LogP contribution in [0.4, 0.5) is 0 Å². The molecule has 0 aliphatic heterocycles. The number of aromatic nitrogens is 2. The first kappa shape index (κ1) is 32.5. The van der Waals surface area contributed by atoms with Crippen LogP contribution in [0.5, 0.6) is 0 Å². The maximum atomic E-state index is 13.5. The lowest BCUT2D eigenvalue weighted by Crippen LogP contribution is -2.17. The first-order valence-electron chi connectivity index (χ1n) is 17.0. The predicted octanol–water partition coefficient (Wildman–Crippen LogP) is 11.4. The van der Waals surface area contributed by atoms with Crippen molar-refractivity contribution in [1.82, 2.24) is 14.6 Å². The number of carbonyl (C=O) groups excluding carboxylic acids is 1. The van der Waals surface area contributed by atoms with Gasteiger partial charge < -0.3 is 9.13 Å². The molecule has 8 aromatic rings. The van der Waals surface area contributed by atoms with Gasteiger partial charge in [0.15, 0.2) is 0 Å². The second kappa shape index (κ2) is 14.7. The molecule has 0 aliphatic rings. The molecule has 1 N–H and O–H groups in total. The highest BCUT2D eigenvalue weighted by atomic mass is 35.5. The quantitative estimate of drug-likeness (QED) is 0.119. The number of nitrogens with one attached hydrogen (secondary N) is 1. The summed E-state index contributed by atoms with van der Waals surface area (Å²) in [6.07, 6.45) is 1.71. The fraction of sp³-hybridized carbons (Fsp3) is 0. The van der Waals surface area contributed by atoms with Gasteiger partial charge in [0.2, 0.25) is 0 Å². The van der Waals surface area contributed by atoms with Crippen molar-refractivity contribution < 1.29 is 4.79 Å². The third-order valence-electron chi connectivity index (χ3n) is 9.01. The van der Waals surface area contributed by atoms with Crippen molar-refractivity contribution in [3.05, 3.63) is 204 Å². The second-order valence-corrected chi connectivity index (χ2v) is 12.7. The average Bonchev–Trinajstić information content (AvgIpc) is 3.83. The molecule has 0 fully saturated rings. The van der Waals surface area contributed by atoms with Crippen molar-refractivity contribution in [2.75, 3.05) is 0 Å². The summed E-state index contributed by atoms with van der Waals surface area (Å²) in [6.45, 7) is 0. The fourth-order valence-corrected chi connectivity index (χ4v) is 6.70. The molecule has 6 aromatic carbocycles. The first-order chi connectivity index (χ1) is 25.6. The summed E-state index contributed by atoms with van der Waals surface area (Å²) in [5.41, 5.74) is 14.4. The van der Waals surface area contributed by atoms with E-state index in [-0.39, 0.29) is 5.91 Å². The summed E-state index contributed by atoms with van der Waals surface area (Å²) in [7, 11) is 0. The Kier molecular flexibility index (Phi) is 9.16. The lowest BCUT2D eigenvalue weighted by atomic mass is 10.1. The summed E-state index contributed by atoms with van der Waals surface area (Å²) in [4.78, 5) is 13.5. The van der Waals surface area contributed by atoms with E-state index in [1.54, 1.807) is 6.21 Å². The standard InChI is InChI=1S/C46H33ClN4O/c47-39-23-27-41(28-24-39)51-44(35-17-9-3-10-18-35)31-38(45(51)36-19-11-4-12-20-36)32-48-49-46(52)37-21-25-40(26-22-37)50-42(33-13-5-1-6-14-33)29-30-43(50)34-15-7-2-8-16-34/h1-32H,(H,49,52)/b48-32+. The normalized spacial score (nSPS) is 11.2. The van der Waals surface area contributed by atoms with Crippen LogP contribution in [0.15, 0.2) is 193 Å². The Morgan fingerprint density at radius 3 is 1.46 bits per heavy atom. The molecular weight excluding hydrogens is 660 g/mol. The molecule has 0 radical (unpaired) electrons. The smallest absolute Gasteiger partial charge is 0.271 e. The number of carbonyl (C=O) groups is 1. The lowest BCUT2D eigenvalue weighted by Gasteiger charge is -2.15. The Balaban J connectivity index is 1.12. The summed E-state index contributed by atoms with van der Waals surface area (Å²) >= 11 is 6.29. The molecule has 0 atom stereocenters. The second-order valence-electron chi connectivity index (χ2n) is 12.3. The van der Waals surface area contributed by atoms with Gasteiger partial charge in [-0.15, -0.1) is 0 Å². The van der Waals surface area contributed by atoms with Crippen molar-refractivity contribution in [2.24, 2.45) is 5.10 Å². The van der Waals surface area contributed by atoms with Crippen molar-refractivity contribution >= 4 is 23.7 Å². The van der Waals surface area contributed by atoms with Gasteiger partial charge in [-0.1, -0.05) is 133 Å². The minimum absolute atomic E-state index is 0.302. The molecule has 0 unspecified atom stereocenters. The van der Waals surface area contributed by atoms with Crippen LogP contribution in [0.3, 0.4) is 0 Å². The van der Waals surface area contributed by atoms with Crippen LogP contribution < -0.4 is 5.43 Å². The van der Waals surface area contributed by atoms with Gasteiger partial charge >= 0.3 is 0 Å². The van der Waals surface area contributed by atoms with Gasteiger partial charge in [0.25, 0.3) is 5.91 Å². The molecule has 0 aliphatic carbocycles. The van der Waals surface area contributed by atoms with E-state index < -0.39 is 0 Å². The molecule has 8 rings (SSSR count). The van der Waals surface area contributed by atoms with Crippen molar-refractivity contribution in [3.8, 4) is 56.4 Å². The number of hydrogen-bond acceptors (Lipinski definition) is 2. The number of rotatable bonds is 9. The minimum atomic E-state index is -0.302. The molecule has 1 amide bonds. The van der Waals surface area contributed by atoms with Crippen LogP contribution >= 0.6 is 11.6 Å². The predicted molar refractivity (Wildman–Crippen MR) is 213 cm³/mol. The minimum Gasteiger partial charge on any atom is -0.309 e. The van der Waals surface area contributed by atoms with Crippen molar-refractivity contribution in [1.29, 1.82) is 0 Å². The molecule has 0 spiro atoms. The number of hydrazone groups is 1. The Hall–Kier alpha value is -6.69. The average molecular weight is 693 g/mol. The molecule has 52 heavy (non-hydrogen) atoms. The topological polar surface area (TPSA) is 51.3 Å². The Morgan fingerprint density at radius 2 is 0.942 bits per heavy atom. The summed E-state index contributed by atoms with van der Waals surface area (Å²) < 4.78 is 4.43. The van der Waals surface area contributed by atoms with Crippen LogP contribution in [-0.2, 0) is 0 Å². The molecule has 6 heteroatoms. The Labute approximate surface area is 307 Å². The monoisotopic (exact) mass is 692 g/mol. The summed E-state index contributed by atoms with van der Waals surface area (Å²) in [5.74, 6) is -0.302. The SMILES string of the molecule is O=C(N/N=C/c1cc(-c2ccccc2)n(-c2ccc(Cl)cc2)c1-c1ccccc1)c1ccc(-n2c(-c3ccccc3)ccc2-c2ccccc2)cc1. The number of benzene rings is 6. The lowest BCUT2D eigenvalue weighted by molar-refractivity contribution is 0.0955. The van der Waals surface area contributed by atoms with E-state index in [9.17, 15) is 4.79 Å². The van der Waals surface area contributed by atoms with E-state index in [1.807, 2.05) is 121 Å². The summed E-state index contributed by atoms with van der Waals surface area (Å²) in [6, 6.07) is 62.8. The zero-order valence-electron chi connectivity index (χ0n) is 28.1. The van der Waals surface area contributed by atoms with Crippen LogP contribution in [0, 0.1) is 0 Å². The van der Waals surface area contributed by atoms with Gasteiger partial charge in [-0.3, -0.25) is 4.79 Å². The maximum absolute atomic E-state index is 13.5. The van der Waals surface area contributed by atoms with Crippen LogP contribution in [0.1, 0.15) is 15.9 Å². The van der Waals surface area contributed by atoms with Gasteiger partial charge in [0.1, 0.15) is 0 Å². The van der Waals surface area contributed by atoms with Gasteiger partial charge in [0.05, 0.1) is 29.0 Å². The van der Waals surface area contributed by atoms with E-state index >= 15 is 0 Å². The van der Waals surface area contributed by atoms with Crippen LogP contribution in [-0.4, -0.2) is 21.3 Å². The Bertz CT molecular complexity index is 2410. The fourth-order valence-electron chi connectivity index (χ4n) is 6.57. The molecule has 0 bridgehead atoms.